The number of halogens is 3. The lowest BCUT2D eigenvalue weighted by atomic mass is 10.3. The predicted octanol–water partition coefficient (Wildman–Crippen LogP) is 4.82. The van der Waals surface area contributed by atoms with E-state index in [2.05, 4.69) is 26.2 Å². The fourth-order valence-electron chi connectivity index (χ4n) is 1.16. The van der Waals surface area contributed by atoms with Crippen molar-refractivity contribution in [2.45, 2.75) is 6.54 Å². The van der Waals surface area contributed by atoms with Crippen molar-refractivity contribution in [2.75, 3.05) is 5.32 Å². The van der Waals surface area contributed by atoms with Gasteiger partial charge in [0.2, 0.25) is 0 Å². The molecular formula is C10H7BrCl2N2S. The van der Waals surface area contributed by atoms with Gasteiger partial charge in [-0.2, -0.15) is 0 Å². The van der Waals surface area contributed by atoms with Crippen molar-refractivity contribution in [3.8, 4) is 0 Å². The van der Waals surface area contributed by atoms with Crippen molar-refractivity contribution in [2.24, 2.45) is 0 Å². The minimum atomic E-state index is 0.561. The average molecular weight is 338 g/mol. The van der Waals surface area contributed by atoms with E-state index in [9.17, 15) is 0 Å². The Kier molecular flexibility index (Phi) is 4.08. The van der Waals surface area contributed by atoms with Gasteiger partial charge in [-0.15, -0.1) is 11.3 Å². The zero-order chi connectivity index (χ0) is 11.5. The summed E-state index contributed by atoms with van der Waals surface area (Å²) >= 11 is 16.5. The molecule has 2 nitrogen and oxygen atoms in total. The Morgan fingerprint density at radius 2 is 2.19 bits per heavy atom. The minimum Gasteiger partial charge on any atom is -0.380 e. The van der Waals surface area contributed by atoms with Crippen molar-refractivity contribution >= 4 is 56.2 Å². The number of hydrogen-bond donors (Lipinski definition) is 1. The second-order valence-electron chi connectivity index (χ2n) is 3.06. The van der Waals surface area contributed by atoms with Gasteiger partial charge in [-0.1, -0.05) is 23.2 Å². The Morgan fingerprint density at radius 1 is 1.38 bits per heavy atom. The minimum absolute atomic E-state index is 0.561. The number of anilines is 1. The maximum Gasteiger partial charge on any atom is 0.183 e. The van der Waals surface area contributed by atoms with Crippen LogP contribution in [0, 0.1) is 0 Å². The Hall–Kier alpha value is -0.290. The normalized spacial score (nSPS) is 10.4. The van der Waals surface area contributed by atoms with Crippen LogP contribution in [0.5, 0.6) is 0 Å². The van der Waals surface area contributed by atoms with Gasteiger partial charge in [0.15, 0.2) is 4.47 Å². The number of aromatic nitrogens is 1. The van der Waals surface area contributed by atoms with Crippen molar-refractivity contribution in [3.63, 3.8) is 0 Å². The first-order valence-corrected chi connectivity index (χ1v) is 6.81. The molecule has 0 fully saturated rings. The van der Waals surface area contributed by atoms with Gasteiger partial charge in [0.05, 0.1) is 11.6 Å². The van der Waals surface area contributed by atoms with Crippen LogP contribution in [0.1, 0.15) is 4.88 Å². The number of nitrogens with one attached hydrogen (secondary N) is 1. The Morgan fingerprint density at radius 3 is 2.81 bits per heavy atom. The van der Waals surface area contributed by atoms with Gasteiger partial charge in [-0.25, -0.2) is 4.98 Å². The Bertz CT molecular complexity index is 501. The summed E-state index contributed by atoms with van der Waals surface area (Å²) in [6, 6.07) is 5.73. The molecule has 2 aromatic rings. The molecule has 0 saturated heterocycles. The lowest BCUT2D eigenvalue weighted by Gasteiger charge is -2.05. The highest BCUT2D eigenvalue weighted by molar-refractivity contribution is 9.10. The van der Waals surface area contributed by atoms with E-state index in [-0.39, 0.29) is 0 Å². The number of nitrogens with zero attached hydrogens (tertiary/aromatic N) is 1. The summed E-state index contributed by atoms with van der Waals surface area (Å²) < 4.78 is 1.45. The highest BCUT2D eigenvalue weighted by atomic mass is 79.9. The molecule has 84 valence electrons. The second-order valence-corrected chi connectivity index (χ2v) is 6.02. The largest absolute Gasteiger partial charge is 0.380 e. The number of rotatable bonds is 3. The van der Waals surface area contributed by atoms with Gasteiger partial charge in [-0.05, 0) is 34.1 Å². The Labute approximate surface area is 116 Å². The molecule has 1 heterocycles. The van der Waals surface area contributed by atoms with Gasteiger partial charge in [0.1, 0.15) is 0 Å². The second kappa shape index (κ2) is 5.36. The van der Waals surface area contributed by atoms with Gasteiger partial charge in [0, 0.05) is 21.2 Å². The maximum absolute atomic E-state index is 5.98. The third kappa shape index (κ3) is 3.10. The molecule has 0 aliphatic carbocycles. The predicted molar refractivity (Wildman–Crippen MR) is 73.6 cm³/mol. The summed E-state index contributed by atoms with van der Waals surface area (Å²) in [5.74, 6) is 0. The van der Waals surface area contributed by atoms with Gasteiger partial charge in [-0.3, -0.25) is 0 Å². The number of thiazole rings is 1. The molecule has 0 amide bonds. The summed E-state index contributed by atoms with van der Waals surface area (Å²) in [7, 11) is 0. The molecule has 1 N–H and O–H groups in total. The molecule has 0 radical (unpaired) electrons. The first kappa shape index (κ1) is 12.2. The molecule has 0 aliphatic rings. The molecule has 2 rings (SSSR count). The van der Waals surface area contributed by atoms with Crippen molar-refractivity contribution in [3.05, 3.63) is 43.2 Å². The smallest absolute Gasteiger partial charge is 0.183 e. The molecule has 0 spiro atoms. The fourth-order valence-corrected chi connectivity index (χ4v) is 2.51. The lowest BCUT2D eigenvalue weighted by Crippen LogP contribution is -1.96. The monoisotopic (exact) mass is 336 g/mol. The summed E-state index contributed by atoms with van der Waals surface area (Å²) in [4.78, 5) is 5.06. The fraction of sp³-hybridized carbons (Fsp3) is 0.100. The number of benzene rings is 1. The van der Waals surface area contributed by atoms with Crippen LogP contribution >= 0.6 is 50.5 Å². The molecule has 0 unspecified atom stereocenters. The maximum atomic E-state index is 5.98. The van der Waals surface area contributed by atoms with E-state index in [1.807, 2.05) is 18.2 Å². The summed E-state index contributed by atoms with van der Waals surface area (Å²) in [5, 5.41) is 3.94. The van der Waals surface area contributed by atoms with E-state index in [4.69, 9.17) is 23.2 Å². The highest BCUT2D eigenvalue weighted by Crippen LogP contribution is 2.26. The van der Waals surface area contributed by atoms with Crippen LogP contribution in [0.4, 0.5) is 5.69 Å². The first-order valence-electron chi connectivity index (χ1n) is 4.44. The standard InChI is InChI=1S/C10H7BrCl2N2S/c11-8-2-1-6(3-9(8)12)14-4-7-5-15-10(13)16-7/h1-3,5,14H,4H2. The number of hydrogen-bond acceptors (Lipinski definition) is 3. The van der Waals surface area contributed by atoms with Crippen molar-refractivity contribution < 1.29 is 0 Å². The topological polar surface area (TPSA) is 24.9 Å². The zero-order valence-corrected chi connectivity index (χ0v) is 11.9. The van der Waals surface area contributed by atoms with E-state index in [0.717, 1.165) is 15.0 Å². The van der Waals surface area contributed by atoms with E-state index >= 15 is 0 Å². The molecule has 0 atom stereocenters. The van der Waals surface area contributed by atoms with Crippen LogP contribution in [-0.2, 0) is 6.54 Å². The first-order chi connectivity index (χ1) is 7.65. The molecular weight excluding hydrogens is 331 g/mol. The highest BCUT2D eigenvalue weighted by Gasteiger charge is 2.01. The molecule has 0 aliphatic heterocycles. The third-order valence-electron chi connectivity index (χ3n) is 1.91. The van der Waals surface area contributed by atoms with Crippen LogP contribution in [0.3, 0.4) is 0 Å². The molecule has 1 aromatic heterocycles. The van der Waals surface area contributed by atoms with Crippen LogP contribution in [0.2, 0.25) is 9.49 Å². The summed E-state index contributed by atoms with van der Waals surface area (Å²) in [5.41, 5.74) is 0.970. The van der Waals surface area contributed by atoms with E-state index in [1.54, 1.807) is 6.20 Å². The molecule has 0 saturated carbocycles. The van der Waals surface area contributed by atoms with Gasteiger partial charge < -0.3 is 5.32 Å². The molecule has 6 heteroatoms. The van der Waals surface area contributed by atoms with E-state index in [0.29, 0.717) is 16.0 Å². The quantitative estimate of drug-likeness (QED) is 0.868. The van der Waals surface area contributed by atoms with Crippen LogP contribution in [0.25, 0.3) is 0 Å². The Balaban J connectivity index is 2.02. The summed E-state index contributed by atoms with van der Waals surface area (Å²) in [6.45, 7) is 0.697. The molecule has 1 aromatic carbocycles. The third-order valence-corrected chi connectivity index (χ3v) is 4.26. The SMILES string of the molecule is Clc1ncc(CNc2ccc(Br)c(Cl)c2)s1. The van der Waals surface area contributed by atoms with E-state index < -0.39 is 0 Å². The van der Waals surface area contributed by atoms with E-state index in [1.165, 1.54) is 11.3 Å². The van der Waals surface area contributed by atoms with Crippen LogP contribution in [-0.4, -0.2) is 4.98 Å². The van der Waals surface area contributed by atoms with Gasteiger partial charge in [0.25, 0.3) is 0 Å². The van der Waals surface area contributed by atoms with Crippen LogP contribution in [0.15, 0.2) is 28.9 Å². The molecule has 0 bridgehead atoms. The molecule has 16 heavy (non-hydrogen) atoms. The van der Waals surface area contributed by atoms with Crippen molar-refractivity contribution in [1.29, 1.82) is 0 Å². The van der Waals surface area contributed by atoms with Crippen LogP contribution < -0.4 is 5.32 Å². The van der Waals surface area contributed by atoms with Gasteiger partial charge >= 0.3 is 0 Å². The lowest BCUT2D eigenvalue weighted by molar-refractivity contribution is 1.17. The summed E-state index contributed by atoms with van der Waals surface area (Å²) in [6.07, 6.45) is 1.76. The zero-order valence-electron chi connectivity index (χ0n) is 8.01. The van der Waals surface area contributed by atoms with Crippen molar-refractivity contribution in [1.82, 2.24) is 4.98 Å². The average Bonchev–Trinajstić information content (AvgIpc) is 2.66.